The molecule has 4 rings (SSSR count). The monoisotopic (exact) mass is 518 g/mol. The van der Waals surface area contributed by atoms with Crippen LogP contribution >= 0.6 is 22.7 Å². The van der Waals surface area contributed by atoms with Gasteiger partial charge < -0.3 is 19.7 Å². The zero-order valence-electron chi connectivity index (χ0n) is 19.0. The maximum Gasteiger partial charge on any atom is 0.422 e. The lowest BCUT2D eigenvalue weighted by Gasteiger charge is -2.31. The van der Waals surface area contributed by atoms with Crippen molar-refractivity contribution in [3.05, 3.63) is 26.7 Å². The number of alkyl halides is 3. The third-order valence-electron chi connectivity index (χ3n) is 5.92. The van der Waals surface area contributed by atoms with Gasteiger partial charge in [0.05, 0.1) is 30.9 Å². The Balaban J connectivity index is 1.13. The molecule has 0 saturated carbocycles. The van der Waals surface area contributed by atoms with E-state index in [1.165, 1.54) is 11.3 Å². The van der Waals surface area contributed by atoms with E-state index in [9.17, 15) is 18.0 Å². The molecule has 1 fully saturated rings. The number of rotatable bonds is 8. The molecular formula is C22H29F3N4O3S2. The van der Waals surface area contributed by atoms with Crippen LogP contribution in [-0.2, 0) is 28.8 Å². The maximum absolute atomic E-state index is 12.4. The van der Waals surface area contributed by atoms with Gasteiger partial charge >= 0.3 is 6.18 Å². The minimum absolute atomic E-state index is 0.0148. The molecule has 2 aliphatic rings. The Morgan fingerprint density at radius 3 is 2.82 bits per heavy atom. The molecule has 2 aliphatic heterocycles. The van der Waals surface area contributed by atoms with E-state index in [0.29, 0.717) is 19.4 Å². The average Bonchev–Trinajstić information content (AvgIpc) is 3.32. The van der Waals surface area contributed by atoms with Crippen molar-refractivity contribution in [2.45, 2.75) is 63.8 Å². The summed E-state index contributed by atoms with van der Waals surface area (Å²) in [5, 5.41) is 3.99. The fraction of sp³-hybridized carbons (Fsp3) is 0.682. The first-order valence-corrected chi connectivity index (χ1v) is 13.1. The third kappa shape index (κ3) is 7.62. The van der Waals surface area contributed by atoms with E-state index in [1.54, 1.807) is 17.5 Å². The number of halogens is 3. The van der Waals surface area contributed by atoms with Gasteiger partial charge in [-0.2, -0.15) is 13.2 Å². The van der Waals surface area contributed by atoms with E-state index < -0.39 is 12.8 Å². The fourth-order valence-electron chi connectivity index (χ4n) is 4.19. The van der Waals surface area contributed by atoms with Crippen molar-refractivity contribution in [2.75, 3.05) is 32.8 Å². The van der Waals surface area contributed by atoms with Crippen molar-refractivity contribution < 1.29 is 27.4 Å². The molecule has 0 aliphatic carbocycles. The highest BCUT2D eigenvalue weighted by Crippen LogP contribution is 2.29. The molecule has 34 heavy (non-hydrogen) atoms. The minimum atomic E-state index is -4.35. The number of carbonyl (C=O) groups is 1. The average molecular weight is 519 g/mol. The van der Waals surface area contributed by atoms with Gasteiger partial charge in [0.25, 0.3) is 5.19 Å². The summed E-state index contributed by atoms with van der Waals surface area (Å²) in [6.45, 7) is 3.76. The summed E-state index contributed by atoms with van der Waals surface area (Å²) in [4.78, 5) is 25.2. The van der Waals surface area contributed by atoms with Crippen LogP contribution in [0.5, 0.6) is 5.19 Å². The van der Waals surface area contributed by atoms with Crippen LogP contribution in [0.2, 0.25) is 0 Å². The molecule has 0 aromatic carbocycles. The molecule has 0 radical (unpaired) electrons. The van der Waals surface area contributed by atoms with E-state index in [2.05, 4.69) is 20.2 Å². The van der Waals surface area contributed by atoms with Crippen molar-refractivity contribution in [3.8, 4) is 5.19 Å². The molecule has 1 amide bonds. The summed E-state index contributed by atoms with van der Waals surface area (Å²) >= 11 is 2.76. The van der Waals surface area contributed by atoms with Crippen LogP contribution in [0.3, 0.4) is 0 Å². The first kappa shape index (κ1) is 25.3. The summed E-state index contributed by atoms with van der Waals surface area (Å²) in [6, 6.07) is 0.0406. The normalized spacial score (nSPS) is 21.6. The van der Waals surface area contributed by atoms with E-state index >= 15 is 0 Å². The number of aromatic nitrogens is 2. The Morgan fingerprint density at radius 1 is 1.29 bits per heavy atom. The van der Waals surface area contributed by atoms with Gasteiger partial charge in [0.2, 0.25) is 5.91 Å². The number of amides is 1. The highest BCUT2D eigenvalue weighted by atomic mass is 32.1. The lowest BCUT2D eigenvalue weighted by atomic mass is 10.0. The second kappa shape index (κ2) is 11.3. The quantitative estimate of drug-likeness (QED) is 0.576. The molecule has 0 bridgehead atoms. The van der Waals surface area contributed by atoms with Crippen molar-refractivity contribution in [1.29, 1.82) is 0 Å². The maximum atomic E-state index is 12.4. The number of aryl methyl sites for hydroxylation is 1. The van der Waals surface area contributed by atoms with Crippen LogP contribution in [0, 0.1) is 6.92 Å². The van der Waals surface area contributed by atoms with Gasteiger partial charge in [-0.15, -0.1) is 11.3 Å². The molecule has 1 saturated heterocycles. The molecule has 188 valence electrons. The number of fused-ring (bicyclic) bond motifs is 1. The lowest BCUT2D eigenvalue weighted by molar-refractivity contribution is -0.153. The van der Waals surface area contributed by atoms with Gasteiger partial charge in [0.1, 0.15) is 5.01 Å². The Bertz CT molecular complexity index is 932. The molecule has 4 heterocycles. The molecular weight excluding hydrogens is 489 g/mol. The van der Waals surface area contributed by atoms with Gasteiger partial charge in [0.15, 0.2) is 6.61 Å². The van der Waals surface area contributed by atoms with Gasteiger partial charge in [-0.3, -0.25) is 4.79 Å². The summed E-state index contributed by atoms with van der Waals surface area (Å²) < 4.78 is 47.9. The second-order valence-corrected chi connectivity index (χ2v) is 11.1. The van der Waals surface area contributed by atoms with Crippen molar-refractivity contribution in [2.24, 2.45) is 0 Å². The zero-order valence-corrected chi connectivity index (χ0v) is 20.7. The first-order valence-electron chi connectivity index (χ1n) is 11.5. The number of thiazole rings is 2. The van der Waals surface area contributed by atoms with Crippen LogP contribution in [0.4, 0.5) is 13.2 Å². The summed E-state index contributed by atoms with van der Waals surface area (Å²) in [7, 11) is 0. The molecule has 7 nitrogen and oxygen atoms in total. The van der Waals surface area contributed by atoms with E-state index in [4.69, 9.17) is 9.47 Å². The number of ether oxygens (including phenoxy) is 2. The molecule has 2 aromatic rings. The highest BCUT2D eigenvalue weighted by molar-refractivity contribution is 7.13. The van der Waals surface area contributed by atoms with E-state index in [0.717, 1.165) is 65.8 Å². The fourth-order valence-corrected chi connectivity index (χ4v) is 5.92. The van der Waals surface area contributed by atoms with Gasteiger partial charge in [-0.1, -0.05) is 11.3 Å². The van der Waals surface area contributed by atoms with Crippen LogP contribution in [0.25, 0.3) is 0 Å². The predicted molar refractivity (Wildman–Crippen MR) is 124 cm³/mol. The highest BCUT2D eigenvalue weighted by Gasteiger charge is 2.30. The number of nitrogens with one attached hydrogen (secondary N) is 1. The van der Waals surface area contributed by atoms with Crippen LogP contribution in [0.1, 0.15) is 39.7 Å². The molecule has 2 aromatic heterocycles. The second-order valence-electron chi connectivity index (χ2n) is 8.72. The van der Waals surface area contributed by atoms with E-state index in [-0.39, 0.29) is 23.2 Å². The summed E-state index contributed by atoms with van der Waals surface area (Å²) in [6.07, 6.45) is 2.11. The Morgan fingerprint density at radius 2 is 2.12 bits per heavy atom. The SMILES string of the molecule is Cc1cnc(CC(=O)N[C@H]2CC[C@H](CCN3CCc4nc(OCC(F)(F)F)sc4CC3)OC2)s1. The zero-order chi connectivity index (χ0) is 24.1. The number of hydrogen-bond donors (Lipinski definition) is 1. The standard InChI is InChI=1S/C22H29F3N4O3S2/c1-14-11-26-20(33-14)10-19(30)27-15-2-3-16(31-12-15)4-7-29-8-5-17-18(6-9-29)34-21(28-17)32-13-22(23,24)25/h11,15-16H,2-10,12-13H2,1H3,(H,27,30)/t15-,16+/m0/s1. The number of nitrogens with zero attached hydrogens (tertiary/aromatic N) is 3. The molecule has 2 atom stereocenters. The predicted octanol–water partition coefficient (Wildman–Crippen LogP) is 3.55. The molecule has 0 spiro atoms. The topological polar surface area (TPSA) is 76.6 Å². The Labute approximate surface area is 204 Å². The van der Waals surface area contributed by atoms with Crippen molar-refractivity contribution in [3.63, 3.8) is 0 Å². The van der Waals surface area contributed by atoms with Gasteiger partial charge in [-0.05, 0) is 32.6 Å². The van der Waals surface area contributed by atoms with Crippen molar-refractivity contribution >= 4 is 28.6 Å². The summed E-state index contributed by atoms with van der Waals surface area (Å²) in [5.41, 5.74) is 0.852. The van der Waals surface area contributed by atoms with Crippen LogP contribution < -0.4 is 10.1 Å². The lowest BCUT2D eigenvalue weighted by Crippen LogP contribution is -2.44. The van der Waals surface area contributed by atoms with Gasteiger partial charge in [0, 0.05) is 42.0 Å². The number of hydrogen-bond acceptors (Lipinski definition) is 8. The Kier molecular flexibility index (Phi) is 8.43. The summed E-state index contributed by atoms with van der Waals surface area (Å²) in [5.74, 6) is -0.0148. The van der Waals surface area contributed by atoms with Crippen LogP contribution in [-0.4, -0.2) is 71.9 Å². The van der Waals surface area contributed by atoms with Gasteiger partial charge in [-0.25, -0.2) is 9.97 Å². The number of carbonyl (C=O) groups excluding carboxylic acids is 1. The molecule has 0 unspecified atom stereocenters. The first-order chi connectivity index (χ1) is 16.2. The van der Waals surface area contributed by atoms with Crippen molar-refractivity contribution in [1.82, 2.24) is 20.2 Å². The molecule has 1 N–H and O–H groups in total. The molecule has 12 heteroatoms. The largest absolute Gasteiger partial charge is 0.460 e. The van der Waals surface area contributed by atoms with Crippen LogP contribution in [0.15, 0.2) is 6.20 Å². The minimum Gasteiger partial charge on any atom is -0.460 e. The smallest absolute Gasteiger partial charge is 0.422 e. The third-order valence-corrected chi connectivity index (χ3v) is 7.90. The van der Waals surface area contributed by atoms with E-state index in [1.807, 2.05) is 6.92 Å². The Hall–Kier alpha value is -1.76.